The molecule has 0 spiro atoms. The summed E-state index contributed by atoms with van der Waals surface area (Å²) in [6.07, 6.45) is 0.833. The molecule has 0 aliphatic carbocycles. The molecule has 1 unspecified atom stereocenters. The lowest BCUT2D eigenvalue weighted by Crippen LogP contribution is -2.39. The third-order valence-corrected chi connectivity index (χ3v) is 6.74. The first-order valence-electron chi connectivity index (χ1n) is 11.0. The van der Waals surface area contributed by atoms with Gasteiger partial charge in [-0.05, 0) is 47.4 Å². The van der Waals surface area contributed by atoms with Crippen LogP contribution in [0.15, 0.2) is 47.8 Å². The minimum absolute atomic E-state index is 0.0344. The number of carbonyl (C=O) groups is 3. The summed E-state index contributed by atoms with van der Waals surface area (Å²) in [5, 5.41) is 18.4. The molecule has 1 aromatic heterocycles. The van der Waals surface area contributed by atoms with Crippen molar-refractivity contribution in [2.75, 3.05) is 23.3 Å². The molecule has 0 fully saturated rings. The van der Waals surface area contributed by atoms with Crippen LogP contribution >= 0.6 is 11.3 Å². The van der Waals surface area contributed by atoms with Gasteiger partial charge in [0.25, 0.3) is 0 Å². The molecule has 172 valence electrons. The van der Waals surface area contributed by atoms with E-state index in [-0.39, 0.29) is 18.4 Å². The lowest BCUT2D eigenvalue weighted by molar-refractivity contribution is -0.136. The number of aryl methyl sites for hydroxylation is 1. The van der Waals surface area contributed by atoms with Crippen molar-refractivity contribution < 1.29 is 19.5 Å². The van der Waals surface area contributed by atoms with Gasteiger partial charge in [0.05, 0.1) is 6.10 Å². The van der Waals surface area contributed by atoms with Gasteiger partial charge < -0.3 is 20.6 Å². The number of aliphatic hydroxyl groups excluding tert-OH is 1. The van der Waals surface area contributed by atoms with Crippen LogP contribution < -0.4 is 15.5 Å². The minimum atomic E-state index is -0.919. The van der Waals surface area contributed by atoms with Crippen molar-refractivity contribution in [3.05, 3.63) is 59.0 Å². The zero-order valence-electron chi connectivity index (χ0n) is 18.6. The van der Waals surface area contributed by atoms with E-state index in [1.165, 1.54) is 11.3 Å². The molecule has 3 aromatic rings. The summed E-state index contributed by atoms with van der Waals surface area (Å²) in [5.74, 6) is -1.75. The number of nitrogens with one attached hydrogen (secondary N) is 2. The topological polar surface area (TPSA) is 98.7 Å². The Morgan fingerprint density at radius 2 is 1.91 bits per heavy atom. The van der Waals surface area contributed by atoms with Crippen molar-refractivity contribution in [2.45, 2.75) is 32.8 Å². The van der Waals surface area contributed by atoms with Crippen LogP contribution in [0.1, 0.15) is 37.5 Å². The van der Waals surface area contributed by atoms with Crippen LogP contribution in [0, 0.1) is 5.92 Å². The van der Waals surface area contributed by atoms with Gasteiger partial charge in [-0.15, -0.1) is 11.3 Å². The molecule has 4 rings (SSSR count). The summed E-state index contributed by atoms with van der Waals surface area (Å²) in [7, 11) is 0. The highest BCUT2D eigenvalue weighted by Gasteiger charge is 2.25. The van der Waals surface area contributed by atoms with Gasteiger partial charge in [-0.3, -0.25) is 14.4 Å². The van der Waals surface area contributed by atoms with Crippen LogP contribution in [0.5, 0.6) is 0 Å². The third kappa shape index (κ3) is 4.91. The highest BCUT2D eigenvalue weighted by molar-refractivity contribution is 7.17. The van der Waals surface area contributed by atoms with Gasteiger partial charge in [-0.2, -0.15) is 0 Å². The number of hydrogen-bond acceptors (Lipinski definition) is 5. The van der Waals surface area contributed by atoms with Crippen molar-refractivity contribution in [1.82, 2.24) is 5.32 Å². The molecular formula is C25H27N3O4S. The normalized spacial score (nSPS) is 14.1. The van der Waals surface area contributed by atoms with Crippen molar-refractivity contribution >= 4 is 50.5 Å². The van der Waals surface area contributed by atoms with E-state index in [9.17, 15) is 19.5 Å². The Morgan fingerprint density at radius 3 is 2.70 bits per heavy atom. The second-order valence-electron chi connectivity index (χ2n) is 8.46. The number of rotatable bonds is 5. The summed E-state index contributed by atoms with van der Waals surface area (Å²) in [5.41, 5.74) is 2.99. The molecule has 0 saturated carbocycles. The molecule has 1 aliphatic rings. The Hall–Kier alpha value is -3.23. The number of aliphatic hydroxyl groups is 1. The molecule has 2 heterocycles. The minimum Gasteiger partial charge on any atom is -0.387 e. The monoisotopic (exact) mass is 465 g/mol. The smallest absolute Gasteiger partial charge is 0.313 e. The average molecular weight is 466 g/mol. The summed E-state index contributed by atoms with van der Waals surface area (Å²) in [6.45, 7) is 4.28. The van der Waals surface area contributed by atoms with E-state index in [1.54, 1.807) is 17.0 Å². The molecule has 8 heteroatoms. The molecule has 33 heavy (non-hydrogen) atoms. The third-order valence-electron chi connectivity index (χ3n) is 5.75. The molecule has 0 saturated heterocycles. The van der Waals surface area contributed by atoms with Gasteiger partial charge in [-0.1, -0.05) is 38.1 Å². The molecular weight excluding hydrogens is 438 g/mol. The molecule has 1 atom stereocenters. The van der Waals surface area contributed by atoms with E-state index >= 15 is 0 Å². The van der Waals surface area contributed by atoms with Crippen LogP contribution in [0.25, 0.3) is 10.1 Å². The lowest BCUT2D eigenvalue weighted by Gasteiger charge is -2.31. The number of hydrogen-bond donors (Lipinski definition) is 3. The van der Waals surface area contributed by atoms with Crippen molar-refractivity contribution in [3.8, 4) is 0 Å². The number of anilines is 2. The molecule has 1 aliphatic heterocycles. The quantitative estimate of drug-likeness (QED) is 0.501. The van der Waals surface area contributed by atoms with Crippen molar-refractivity contribution in [1.29, 1.82) is 0 Å². The van der Waals surface area contributed by atoms with Crippen LogP contribution in [0.2, 0.25) is 0 Å². The maximum absolute atomic E-state index is 12.6. The second-order valence-corrected chi connectivity index (χ2v) is 9.37. The fourth-order valence-corrected chi connectivity index (χ4v) is 5.02. The molecule has 3 amide bonds. The second kappa shape index (κ2) is 9.72. The lowest BCUT2D eigenvalue weighted by atomic mass is 9.99. The Kier molecular flexibility index (Phi) is 6.76. The standard InChI is InChI=1S/C25H27N3O4S/c1-15(2)25(32)28-11-5-6-16-9-10-17(12-20(16)28)27-24(31)23(30)26-13-21(29)19-14-33-22-8-4-3-7-18(19)22/h3-4,7-10,12,14-15,21,29H,5-6,11,13H2,1-2H3,(H,26,30)(H,27,31). The number of fused-ring (bicyclic) bond motifs is 2. The summed E-state index contributed by atoms with van der Waals surface area (Å²) < 4.78 is 1.05. The van der Waals surface area contributed by atoms with E-state index in [0.717, 1.165) is 39.7 Å². The summed E-state index contributed by atoms with van der Waals surface area (Å²) >= 11 is 1.52. The van der Waals surface area contributed by atoms with E-state index in [0.29, 0.717) is 12.2 Å². The highest BCUT2D eigenvalue weighted by atomic mass is 32.1. The Labute approximate surface area is 196 Å². The number of benzene rings is 2. The fraction of sp³-hybridized carbons (Fsp3) is 0.320. The zero-order chi connectivity index (χ0) is 23.5. The molecule has 7 nitrogen and oxygen atoms in total. The summed E-state index contributed by atoms with van der Waals surface area (Å²) in [6, 6.07) is 13.1. The number of carbonyl (C=O) groups excluding carboxylic acids is 3. The van der Waals surface area contributed by atoms with Crippen LogP contribution in [0.3, 0.4) is 0 Å². The first-order chi connectivity index (χ1) is 15.8. The molecule has 0 bridgehead atoms. The Balaban J connectivity index is 1.39. The Morgan fingerprint density at radius 1 is 1.12 bits per heavy atom. The van der Waals surface area contributed by atoms with Gasteiger partial charge in [0.2, 0.25) is 5.91 Å². The van der Waals surface area contributed by atoms with E-state index in [1.807, 2.05) is 49.6 Å². The number of amides is 3. The van der Waals surface area contributed by atoms with Gasteiger partial charge >= 0.3 is 11.8 Å². The van der Waals surface area contributed by atoms with Gasteiger partial charge in [-0.25, -0.2) is 0 Å². The maximum Gasteiger partial charge on any atom is 0.313 e. The van der Waals surface area contributed by atoms with Gasteiger partial charge in [0, 0.05) is 40.6 Å². The van der Waals surface area contributed by atoms with Crippen LogP contribution in [0.4, 0.5) is 11.4 Å². The fourth-order valence-electron chi connectivity index (χ4n) is 4.02. The first-order valence-corrected chi connectivity index (χ1v) is 11.9. The van der Waals surface area contributed by atoms with E-state index < -0.39 is 17.9 Å². The predicted octanol–water partition coefficient (Wildman–Crippen LogP) is 3.62. The van der Waals surface area contributed by atoms with E-state index in [4.69, 9.17) is 0 Å². The molecule has 0 radical (unpaired) electrons. The number of thiophene rings is 1. The average Bonchev–Trinajstić information content (AvgIpc) is 3.25. The highest BCUT2D eigenvalue weighted by Crippen LogP contribution is 2.32. The molecule has 3 N–H and O–H groups in total. The van der Waals surface area contributed by atoms with E-state index in [2.05, 4.69) is 10.6 Å². The Bertz CT molecular complexity index is 1200. The largest absolute Gasteiger partial charge is 0.387 e. The zero-order valence-corrected chi connectivity index (χ0v) is 19.4. The van der Waals surface area contributed by atoms with Crippen molar-refractivity contribution in [3.63, 3.8) is 0 Å². The number of nitrogens with zero attached hydrogens (tertiary/aromatic N) is 1. The van der Waals surface area contributed by atoms with Gasteiger partial charge in [0.1, 0.15) is 0 Å². The van der Waals surface area contributed by atoms with Crippen LogP contribution in [-0.2, 0) is 20.8 Å². The molecule has 2 aromatic carbocycles. The summed E-state index contributed by atoms with van der Waals surface area (Å²) in [4.78, 5) is 39.1. The maximum atomic E-state index is 12.6. The van der Waals surface area contributed by atoms with Crippen molar-refractivity contribution in [2.24, 2.45) is 5.92 Å². The predicted molar refractivity (Wildman–Crippen MR) is 130 cm³/mol. The first kappa shape index (κ1) is 22.9. The van der Waals surface area contributed by atoms with Crippen LogP contribution in [-0.4, -0.2) is 35.9 Å². The van der Waals surface area contributed by atoms with Gasteiger partial charge in [0.15, 0.2) is 0 Å². The SMILES string of the molecule is CC(C)C(=O)N1CCCc2ccc(NC(=O)C(=O)NCC(O)c3csc4ccccc34)cc21.